The summed E-state index contributed by atoms with van der Waals surface area (Å²) in [6.07, 6.45) is 0. The van der Waals surface area contributed by atoms with E-state index in [4.69, 9.17) is 0 Å². The van der Waals surface area contributed by atoms with E-state index in [0.717, 1.165) is 15.1 Å². The van der Waals surface area contributed by atoms with E-state index < -0.39 is 0 Å². The van der Waals surface area contributed by atoms with Gasteiger partial charge < -0.3 is 15.5 Å². The quantitative estimate of drug-likeness (QED) is 0.701. The Kier molecular flexibility index (Phi) is 6.67. The van der Waals surface area contributed by atoms with Crippen molar-refractivity contribution in [3.8, 4) is 0 Å². The molecule has 5 nitrogen and oxygen atoms in total. The van der Waals surface area contributed by atoms with Crippen LogP contribution in [0.1, 0.15) is 13.8 Å². The first-order chi connectivity index (χ1) is 9.36. The van der Waals surface area contributed by atoms with Crippen molar-refractivity contribution in [1.29, 1.82) is 0 Å². The number of hydrogen-bond donors (Lipinski definition) is 3. The second-order valence-electron chi connectivity index (χ2n) is 5.09. The standard InChI is InChI=1S/C14H20BrN3O2/c1-10(2)16-13(19)8-18(3)9-14(20)17-12-6-4-11(15)5-7-12/h4-7,10H,8-9H2,1-3H3,(H,16,19)(H,17,20)/p+1. The number of nitrogens with one attached hydrogen (secondary N) is 3. The average Bonchev–Trinajstić information content (AvgIpc) is 2.30. The van der Waals surface area contributed by atoms with Gasteiger partial charge in [0.2, 0.25) is 0 Å². The number of quaternary nitrogens is 1. The lowest BCUT2D eigenvalue weighted by molar-refractivity contribution is -0.862. The van der Waals surface area contributed by atoms with Crippen LogP contribution in [0.15, 0.2) is 28.7 Å². The van der Waals surface area contributed by atoms with Crippen LogP contribution in [0.3, 0.4) is 0 Å². The normalized spacial score (nSPS) is 12.1. The summed E-state index contributed by atoms with van der Waals surface area (Å²) in [5.74, 6) is -0.156. The second kappa shape index (κ2) is 8.01. The van der Waals surface area contributed by atoms with E-state index in [1.165, 1.54) is 0 Å². The van der Waals surface area contributed by atoms with Crippen LogP contribution in [0.5, 0.6) is 0 Å². The summed E-state index contributed by atoms with van der Waals surface area (Å²) in [5.41, 5.74) is 0.748. The van der Waals surface area contributed by atoms with Crippen LogP contribution in [0.4, 0.5) is 5.69 Å². The third-order valence-corrected chi connectivity index (χ3v) is 3.03. The molecule has 1 rings (SSSR count). The van der Waals surface area contributed by atoms with Crippen molar-refractivity contribution in [2.75, 3.05) is 25.5 Å². The first-order valence-electron chi connectivity index (χ1n) is 6.53. The van der Waals surface area contributed by atoms with Gasteiger partial charge in [-0.3, -0.25) is 9.59 Å². The Bertz CT molecular complexity index is 460. The van der Waals surface area contributed by atoms with E-state index in [-0.39, 0.29) is 30.9 Å². The van der Waals surface area contributed by atoms with Crippen LogP contribution in [-0.2, 0) is 9.59 Å². The summed E-state index contributed by atoms with van der Waals surface area (Å²) in [6, 6.07) is 7.49. The molecule has 0 saturated carbocycles. The maximum Gasteiger partial charge on any atom is 0.279 e. The van der Waals surface area contributed by atoms with Crippen molar-refractivity contribution in [1.82, 2.24) is 5.32 Å². The summed E-state index contributed by atoms with van der Waals surface area (Å²) >= 11 is 3.34. The lowest BCUT2D eigenvalue weighted by Crippen LogP contribution is -3.11. The molecule has 6 heteroatoms. The number of carbonyl (C=O) groups excluding carboxylic acids is 2. The minimum absolute atomic E-state index is 0.0473. The van der Waals surface area contributed by atoms with Crippen molar-refractivity contribution >= 4 is 33.4 Å². The molecular formula is C14H21BrN3O2+. The Morgan fingerprint density at radius 3 is 2.25 bits per heavy atom. The highest BCUT2D eigenvalue weighted by Crippen LogP contribution is 2.13. The zero-order valence-corrected chi connectivity index (χ0v) is 13.6. The Morgan fingerprint density at radius 2 is 1.70 bits per heavy atom. The summed E-state index contributed by atoms with van der Waals surface area (Å²) in [4.78, 5) is 24.3. The zero-order valence-electron chi connectivity index (χ0n) is 12.0. The molecule has 1 aromatic rings. The maximum atomic E-state index is 11.8. The monoisotopic (exact) mass is 342 g/mol. The predicted octanol–water partition coefficient (Wildman–Crippen LogP) is 0.427. The summed E-state index contributed by atoms with van der Waals surface area (Å²) in [7, 11) is 1.82. The number of benzene rings is 1. The number of amides is 2. The predicted molar refractivity (Wildman–Crippen MR) is 82.7 cm³/mol. The molecule has 3 N–H and O–H groups in total. The molecule has 0 bridgehead atoms. The molecule has 0 fully saturated rings. The van der Waals surface area contributed by atoms with Gasteiger partial charge in [-0.15, -0.1) is 0 Å². The van der Waals surface area contributed by atoms with Crippen molar-refractivity contribution < 1.29 is 14.5 Å². The molecule has 2 amide bonds. The highest BCUT2D eigenvalue weighted by atomic mass is 79.9. The van der Waals surface area contributed by atoms with Gasteiger partial charge in [0.1, 0.15) is 0 Å². The van der Waals surface area contributed by atoms with E-state index in [1.54, 1.807) is 0 Å². The fraction of sp³-hybridized carbons (Fsp3) is 0.429. The Balaban J connectivity index is 2.38. The van der Waals surface area contributed by atoms with Gasteiger partial charge in [-0.05, 0) is 38.1 Å². The molecule has 1 unspecified atom stereocenters. The van der Waals surface area contributed by atoms with Crippen LogP contribution < -0.4 is 15.5 Å². The number of carbonyl (C=O) groups is 2. The SMILES string of the molecule is CC(C)NC(=O)C[NH+](C)CC(=O)Nc1ccc(Br)cc1. The number of anilines is 1. The van der Waals surface area contributed by atoms with Crippen molar-refractivity contribution in [3.05, 3.63) is 28.7 Å². The van der Waals surface area contributed by atoms with E-state index in [9.17, 15) is 9.59 Å². The van der Waals surface area contributed by atoms with Gasteiger partial charge in [0.05, 0.1) is 7.05 Å². The largest absolute Gasteiger partial charge is 0.349 e. The molecule has 20 heavy (non-hydrogen) atoms. The fourth-order valence-electron chi connectivity index (χ4n) is 1.72. The molecule has 0 aromatic heterocycles. The Hall–Kier alpha value is -1.40. The molecule has 0 aliphatic carbocycles. The minimum atomic E-state index is -0.109. The number of halogens is 1. The average molecular weight is 343 g/mol. The topological polar surface area (TPSA) is 62.6 Å². The molecular weight excluding hydrogens is 322 g/mol. The number of hydrogen-bond acceptors (Lipinski definition) is 2. The summed E-state index contributed by atoms with van der Waals surface area (Å²) < 4.78 is 0.962. The van der Waals surface area contributed by atoms with Crippen LogP contribution in [0.25, 0.3) is 0 Å². The van der Waals surface area contributed by atoms with Crippen LogP contribution in [-0.4, -0.2) is 38.0 Å². The zero-order chi connectivity index (χ0) is 15.1. The van der Waals surface area contributed by atoms with Gasteiger partial charge in [0.15, 0.2) is 13.1 Å². The molecule has 0 radical (unpaired) electrons. The Morgan fingerprint density at radius 1 is 1.15 bits per heavy atom. The Labute approximate surface area is 127 Å². The summed E-state index contributed by atoms with van der Waals surface area (Å²) in [5, 5.41) is 5.61. The van der Waals surface area contributed by atoms with Crippen LogP contribution >= 0.6 is 15.9 Å². The lowest BCUT2D eigenvalue weighted by atomic mass is 10.3. The first kappa shape index (κ1) is 16.7. The van der Waals surface area contributed by atoms with Gasteiger partial charge in [-0.1, -0.05) is 15.9 Å². The molecule has 0 spiro atoms. The second-order valence-corrected chi connectivity index (χ2v) is 6.00. The molecule has 1 aromatic carbocycles. The van der Waals surface area contributed by atoms with Gasteiger partial charge in [-0.25, -0.2) is 0 Å². The lowest BCUT2D eigenvalue weighted by Gasteiger charge is -2.15. The van der Waals surface area contributed by atoms with E-state index >= 15 is 0 Å². The van der Waals surface area contributed by atoms with Crippen molar-refractivity contribution in [2.45, 2.75) is 19.9 Å². The highest BCUT2D eigenvalue weighted by Gasteiger charge is 2.14. The van der Waals surface area contributed by atoms with Crippen molar-refractivity contribution in [2.24, 2.45) is 0 Å². The number of likely N-dealkylation sites (N-methyl/N-ethyl adjacent to an activating group) is 1. The fourth-order valence-corrected chi connectivity index (χ4v) is 1.99. The summed E-state index contributed by atoms with van der Waals surface area (Å²) in [6.45, 7) is 4.36. The van der Waals surface area contributed by atoms with Gasteiger partial charge >= 0.3 is 0 Å². The molecule has 0 aliphatic heterocycles. The smallest absolute Gasteiger partial charge is 0.279 e. The van der Waals surface area contributed by atoms with E-state index in [0.29, 0.717) is 0 Å². The molecule has 0 saturated heterocycles. The van der Waals surface area contributed by atoms with Crippen LogP contribution in [0, 0.1) is 0 Å². The minimum Gasteiger partial charge on any atom is -0.349 e. The van der Waals surface area contributed by atoms with Gasteiger partial charge in [0, 0.05) is 16.2 Å². The van der Waals surface area contributed by atoms with Gasteiger partial charge in [0.25, 0.3) is 11.8 Å². The van der Waals surface area contributed by atoms with E-state index in [1.807, 2.05) is 45.2 Å². The molecule has 110 valence electrons. The third-order valence-electron chi connectivity index (χ3n) is 2.50. The number of rotatable bonds is 6. The first-order valence-corrected chi connectivity index (χ1v) is 7.32. The maximum absolute atomic E-state index is 11.8. The highest BCUT2D eigenvalue weighted by molar-refractivity contribution is 9.10. The molecule has 1 atom stereocenters. The van der Waals surface area contributed by atoms with Gasteiger partial charge in [-0.2, -0.15) is 0 Å². The third kappa shape index (κ3) is 6.68. The van der Waals surface area contributed by atoms with Crippen molar-refractivity contribution in [3.63, 3.8) is 0 Å². The molecule has 0 aliphatic rings. The van der Waals surface area contributed by atoms with Crippen LogP contribution in [0.2, 0.25) is 0 Å². The molecule has 0 heterocycles. The van der Waals surface area contributed by atoms with E-state index in [2.05, 4.69) is 26.6 Å².